The first kappa shape index (κ1) is 12.0. The second-order valence-electron chi connectivity index (χ2n) is 4.70. The molecule has 0 saturated heterocycles. The minimum atomic E-state index is -3.70. The van der Waals surface area contributed by atoms with Crippen LogP contribution in [0.3, 0.4) is 0 Å². The van der Waals surface area contributed by atoms with Crippen LogP contribution in [0.1, 0.15) is 11.1 Å². The van der Waals surface area contributed by atoms with E-state index in [1.54, 1.807) is 12.1 Å². The van der Waals surface area contributed by atoms with Crippen molar-refractivity contribution in [3.63, 3.8) is 0 Å². The zero-order valence-corrected chi connectivity index (χ0v) is 9.81. The summed E-state index contributed by atoms with van der Waals surface area (Å²) < 4.78 is 27.1. The van der Waals surface area contributed by atoms with E-state index in [-0.39, 0.29) is 12.8 Å². The van der Waals surface area contributed by atoms with E-state index in [1.165, 1.54) is 12.4 Å². The molecule has 1 heterocycles. The molecule has 19 heavy (non-hydrogen) atoms. The van der Waals surface area contributed by atoms with Gasteiger partial charge in [0, 0.05) is 18.3 Å². The second kappa shape index (κ2) is 3.94. The fraction of sp³-hybridized carbons (Fsp3) is 0.308. The summed E-state index contributed by atoms with van der Waals surface area (Å²) in [5, 5.41) is 8.60. The maximum Gasteiger partial charge on any atom is 0.374 e. The number of benzene rings is 1. The molecule has 0 amide bonds. The highest BCUT2D eigenvalue weighted by Gasteiger charge is 2.49. The second-order valence-corrected chi connectivity index (χ2v) is 4.70. The molecule has 0 aliphatic heterocycles. The number of fused-ring (bicyclic) bond motifs is 2. The summed E-state index contributed by atoms with van der Waals surface area (Å²) in [7, 11) is 0. The summed E-state index contributed by atoms with van der Waals surface area (Å²) in [5.74, 6) is -6.96. The Morgan fingerprint density at radius 1 is 1.16 bits per heavy atom. The van der Waals surface area contributed by atoms with E-state index in [1.807, 2.05) is 0 Å². The van der Waals surface area contributed by atoms with Crippen molar-refractivity contribution in [2.45, 2.75) is 18.8 Å². The van der Waals surface area contributed by atoms with Gasteiger partial charge in [-0.3, -0.25) is 9.97 Å². The van der Waals surface area contributed by atoms with Crippen molar-refractivity contribution >= 4 is 17.0 Å². The van der Waals surface area contributed by atoms with Gasteiger partial charge in [0.05, 0.1) is 11.0 Å². The van der Waals surface area contributed by atoms with Gasteiger partial charge in [-0.2, -0.15) is 8.78 Å². The standard InChI is InChI=1S/C13H10F2N2O2/c14-13(15,12(18)19)9-3-7-5-10-11(6-8(7)4-9)17-2-1-16-10/h1-2,5-6,9H,3-4H2,(H,18,19). The highest BCUT2D eigenvalue weighted by molar-refractivity contribution is 5.78. The number of aromatic nitrogens is 2. The first-order chi connectivity index (χ1) is 8.98. The lowest BCUT2D eigenvalue weighted by atomic mass is 9.98. The summed E-state index contributed by atoms with van der Waals surface area (Å²) in [6, 6.07) is 3.44. The average Bonchev–Trinajstić information content (AvgIpc) is 2.79. The summed E-state index contributed by atoms with van der Waals surface area (Å²) in [6.07, 6.45) is 3.18. The van der Waals surface area contributed by atoms with Crippen LogP contribution >= 0.6 is 0 Å². The number of nitrogens with zero attached hydrogens (tertiary/aromatic N) is 2. The van der Waals surface area contributed by atoms with Gasteiger partial charge in [-0.05, 0) is 36.1 Å². The molecule has 98 valence electrons. The first-order valence-corrected chi connectivity index (χ1v) is 5.82. The number of halogens is 2. The van der Waals surface area contributed by atoms with E-state index >= 15 is 0 Å². The van der Waals surface area contributed by atoms with Crippen LogP contribution in [0, 0.1) is 5.92 Å². The van der Waals surface area contributed by atoms with Crippen molar-refractivity contribution in [2.75, 3.05) is 0 Å². The minimum absolute atomic E-state index is 0.0567. The van der Waals surface area contributed by atoms with Gasteiger partial charge in [-0.15, -0.1) is 0 Å². The molecule has 0 bridgehead atoms. The van der Waals surface area contributed by atoms with Crippen LogP contribution in [0.15, 0.2) is 24.5 Å². The lowest BCUT2D eigenvalue weighted by molar-refractivity contribution is -0.172. The quantitative estimate of drug-likeness (QED) is 0.901. The summed E-state index contributed by atoms with van der Waals surface area (Å²) in [4.78, 5) is 18.8. The molecule has 0 atom stereocenters. The van der Waals surface area contributed by atoms with Crippen molar-refractivity contribution in [1.29, 1.82) is 0 Å². The SMILES string of the molecule is O=C(O)C(F)(F)C1Cc2cc3nccnc3cc2C1. The Kier molecular flexibility index (Phi) is 2.48. The molecule has 3 rings (SSSR count). The Bertz CT molecular complexity index is 628. The topological polar surface area (TPSA) is 63.1 Å². The van der Waals surface area contributed by atoms with Gasteiger partial charge < -0.3 is 5.11 Å². The zero-order chi connectivity index (χ0) is 13.6. The van der Waals surface area contributed by atoms with Crippen molar-refractivity contribution in [2.24, 2.45) is 5.92 Å². The number of carbonyl (C=O) groups is 1. The van der Waals surface area contributed by atoms with E-state index in [4.69, 9.17) is 5.11 Å². The molecule has 6 heteroatoms. The van der Waals surface area contributed by atoms with Crippen molar-refractivity contribution in [1.82, 2.24) is 9.97 Å². The van der Waals surface area contributed by atoms with Gasteiger partial charge in [-0.25, -0.2) is 4.79 Å². The largest absolute Gasteiger partial charge is 0.477 e. The minimum Gasteiger partial charge on any atom is -0.477 e. The highest BCUT2D eigenvalue weighted by atomic mass is 19.3. The van der Waals surface area contributed by atoms with Gasteiger partial charge in [0.1, 0.15) is 0 Å². The summed E-state index contributed by atoms with van der Waals surface area (Å²) >= 11 is 0. The summed E-state index contributed by atoms with van der Waals surface area (Å²) in [6.45, 7) is 0. The number of rotatable bonds is 2. The van der Waals surface area contributed by atoms with Gasteiger partial charge in [0.15, 0.2) is 0 Å². The lowest BCUT2D eigenvalue weighted by Crippen LogP contribution is -2.37. The molecule has 1 aromatic heterocycles. The first-order valence-electron chi connectivity index (χ1n) is 5.82. The van der Waals surface area contributed by atoms with Gasteiger partial charge in [0.2, 0.25) is 0 Å². The van der Waals surface area contributed by atoms with Crippen molar-refractivity contribution in [3.05, 3.63) is 35.7 Å². The Morgan fingerprint density at radius 3 is 2.05 bits per heavy atom. The number of carboxylic acid groups (broad SMARTS) is 1. The molecule has 0 unspecified atom stereocenters. The van der Waals surface area contributed by atoms with Crippen molar-refractivity contribution < 1.29 is 18.7 Å². The normalized spacial score (nSPS) is 15.7. The third-order valence-electron chi connectivity index (χ3n) is 3.52. The number of carboxylic acids is 1. The van der Waals surface area contributed by atoms with E-state index in [9.17, 15) is 13.6 Å². The molecule has 0 radical (unpaired) electrons. The number of aliphatic carboxylic acids is 1. The van der Waals surface area contributed by atoms with Crippen LogP contribution in [0.2, 0.25) is 0 Å². The third kappa shape index (κ3) is 1.83. The molecule has 1 aromatic carbocycles. The summed E-state index contributed by atoms with van der Waals surface area (Å²) in [5.41, 5.74) is 2.75. The van der Waals surface area contributed by atoms with Gasteiger partial charge >= 0.3 is 11.9 Å². The monoisotopic (exact) mass is 264 g/mol. The maximum absolute atomic E-state index is 13.5. The molecule has 1 aliphatic rings. The maximum atomic E-state index is 13.5. The smallest absolute Gasteiger partial charge is 0.374 e. The van der Waals surface area contributed by atoms with E-state index in [2.05, 4.69) is 9.97 Å². The van der Waals surface area contributed by atoms with Crippen LogP contribution < -0.4 is 0 Å². The predicted octanol–water partition coefficient (Wildman–Crippen LogP) is 2.06. The molecular weight excluding hydrogens is 254 g/mol. The molecule has 1 N–H and O–H groups in total. The average molecular weight is 264 g/mol. The molecule has 2 aromatic rings. The van der Waals surface area contributed by atoms with Crippen LogP contribution in [-0.2, 0) is 17.6 Å². The van der Waals surface area contributed by atoms with Crippen LogP contribution in [0.25, 0.3) is 11.0 Å². The number of hydrogen-bond donors (Lipinski definition) is 1. The number of alkyl halides is 2. The van der Waals surface area contributed by atoms with Crippen LogP contribution in [0.5, 0.6) is 0 Å². The third-order valence-corrected chi connectivity index (χ3v) is 3.52. The fourth-order valence-corrected chi connectivity index (χ4v) is 2.51. The molecule has 0 saturated carbocycles. The Morgan fingerprint density at radius 2 is 1.63 bits per heavy atom. The zero-order valence-electron chi connectivity index (χ0n) is 9.81. The fourth-order valence-electron chi connectivity index (χ4n) is 2.51. The van der Waals surface area contributed by atoms with E-state index in [0.29, 0.717) is 11.0 Å². The highest BCUT2D eigenvalue weighted by Crippen LogP contribution is 2.38. The lowest BCUT2D eigenvalue weighted by Gasteiger charge is -2.17. The van der Waals surface area contributed by atoms with Crippen LogP contribution in [0.4, 0.5) is 8.78 Å². The Balaban J connectivity index is 2.00. The molecule has 1 aliphatic carbocycles. The predicted molar refractivity (Wildman–Crippen MR) is 63.0 cm³/mol. The van der Waals surface area contributed by atoms with Gasteiger partial charge in [0.25, 0.3) is 0 Å². The van der Waals surface area contributed by atoms with Gasteiger partial charge in [-0.1, -0.05) is 0 Å². The molecule has 0 fully saturated rings. The molecular formula is C13H10F2N2O2. The Hall–Kier alpha value is -2.11. The molecule has 0 spiro atoms. The Labute approximate surface area is 107 Å². The molecule has 4 nitrogen and oxygen atoms in total. The van der Waals surface area contributed by atoms with Crippen LogP contribution in [-0.4, -0.2) is 27.0 Å². The van der Waals surface area contributed by atoms with Crippen molar-refractivity contribution in [3.8, 4) is 0 Å². The van der Waals surface area contributed by atoms with E-state index < -0.39 is 17.8 Å². The van der Waals surface area contributed by atoms with E-state index in [0.717, 1.165) is 11.1 Å². The number of hydrogen-bond acceptors (Lipinski definition) is 3.